The van der Waals surface area contributed by atoms with Crippen molar-refractivity contribution in [3.8, 4) is 0 Å². The Morgan fingerprint density at radius 3 is 2.38 bits per heavy atom. The second-order valence-corrected chi connectivity index (χ2v) is 9.36. The lowest BCUT2D eigenvalue weighted by molar-refractivity contribution is -0.119. The normalized spacial score (nSPS) is 18.6. The van der Waals surface area contributed by atoms with Crippen LogP contribution in [-0.2, 0) is 11.2 Å². The molecule has 4 rings (SSSR count). The summed E-state index contributed by atoms with van der Waals surface area (Å²) < 4.78 is 2.34. The molecule has 156 valence electrons. The van der Waals surface area contributed by atoms with Crippen molar-refractivity contribution in [1.29, 1.82) is 0 Å². The molecular formula is C23H32N4OS. The first-order chi connectivity index (χ1) is 14.3. The van der Waals surface area contributed by atoms with Crippen LogP contribution < -0.4 is 5.32 Å². The van der Waals surface area contributed by atoms with Crippen molar-refractivity contribution in [2.75, 3.05) is 5.75 Å². The van der Waals surface area contributed by atoms with Crippen LogP contribution in [0, 0.1) is 0 Å². The highest BCUT2D eigenvalue weighted by Gasteiger charge is 2.24. The van der Waals surface area contributed by atoms with Crippen LogP contribution in [0.5, 0.6) is 0 Å². The van der Waals surface area contributed by atoms with Gasteiger partial charge >= 0.3 is 0 Å². The molecule has 2 aliphatic carbocycles. The van der Waals surface area contributed by atoms with E-state index < -0.39 is 0 Å². The number of carbonyl (C=O) groups excluding carboxylic acids is 1. The molecule has 2 fully saturated rings. The summed E-state index contributed by atoms with van der Waals surface area (Å²) in [5.74, 6) is 1.58. The molecule has 2 aliphatic rings. The van der Waals surface area contributed by atoms with Gasteiger partial charge in [0.05, 0.1) is 5.75 Å². The largest absolute Gasteiger partial charge is 0.353 e. The lowest BCUT2D eigenvalue weighted by Gasteiger charge is -2.26. The van der Waals surface area contributed by atoms with Gasteiger partial charge in [0, 0.05) is 18.5 Å². The Labute approximate surface area is 178 Å². The number of thioether (sulfide) groups is 1. The van der Waals surface area contributed by atoms with Crippen LogP contribution in [0.25, 0.3) is 0 Å². The Kier molecular flexibility index (Phi) is 7.25. The minimum atomic E-state index is 0.129. The maximum atomic E-state index is 12.5. The van der Waals surface area contributed by atoms with Gasteiger partial charge in [-0.3, -0.25) is 4.79 Å². The van der Waals surface area contributed by atoms with E-state index in [4.69, 9.17) is 0 Å². The molecule has 0 spiro atoms. The third-order valence-electron chi connectivity index (χ3n) is 6.18. The fraction of sp³-hybridized carbons (Fsp3) is 0.609. The Bertz CT molecular complexity index is 779. The van der Waals surface area contributed by atoms with Crippen molar-refractivity contribution < 1.29 is 4.79 Å². The molecule has 0 bridgehead atoms. The molecule has 2 saturated carbocycles. The standard InChI is InChI=1S/C23H32N4OS/c28-22(24-19-12-6-2-7-13-19)17-29-23-26-25-21(16-18-10-4-1-5-11-18)27(23)20-14-8-3-9-15-20/h1,4-5,10-11,19-20H,2-3,6-9,12-17H2,(H,24,28). The molecular weight excluding hydrogens is 380 g/mol. The molecule has 1 N–H and O–H groups in total. The molecule has 5 nitrogen and oxygen atoms in total. The van der Waals surface area contributed by atoms with Crippen LogP contribution in [0.1, 0.15) is 81.6 Å². The maximum absolute atomic E-state index is 12.5. The van der Waals surface area contributed by atoms with Crippen LogP contribution in [0.3, 0.4) is 0 Å². The fourth-order valence-corrected chi connectivity index (χ4v) is 5.49. The molecule has 1 aromatic carbocycles. The van der Waals surface area contributed by atoms with Gasteiger partial charge in [-0.05, 0) is 31.2 Å². The SMILES string of the molecule is O=C(CSc1nnc(Cc2ccccc2)n1C1CCCCC1)NC1CCCCC1. The van der Waals surface area contributed by atoms with E-state index in [0.29, 0.717) is 17.8 Å². The summed E-state index contributed by atoms with van der Waals surface area (Å²) in [7, 11) is 0. The first kappa shape index (κ1) is 20.5. The summed E-state index contributed by atoms with van der Waals surface area (Å²) in [5.41, 5.74) is 1.25. The van der Waals surface area contributed by atoms with E-state index in [1.165, 1.54) is 56.9 Å². The minimum absolute atomic E-state index is 0.129. The summed E-state index contributed by atoms with van der Waals surface area (Å²) in [6.45, 7) is 0. The quantitative estimate of drug-likeness (QED) is 0.656. The number of aromatic nitrogens is 3. The molecule has 1 aromatic heterocycles. The highest BCUT2D eigenvalue weighted by Crippen LogP contribution is 2.33. The van der Waals surface area contributed by atoms with Gasteiger partial charge in [0.15, 0.2) is 5.16 Å². The highest BCUT2D eigenvalue weighted by molar-refractivity contribution is 7.99. The number of nitrogens with zero attached hydrogens (tertiary/aromatic N) is 3. The molecule has 29 heavy (non-hydrogen) atoms. The van der Waals surface area contributed by atoms with Crippen LogP contribution >= 0.6 is 11.8 Å². The molecule has 0 atom stereocenters. The number of benzene rings is 1. The van der Waals surface area contributed by atoms with Crippen LogP contribution in [0.4, 0.5) is 0 Å². The predicted octanol–water partition coefficient (Wildman–Crippen LogP) is 4.92. The van der Waals surface area contributed by atoms with Gasteiger partial charge in [0.25, 0.3) is 0 Å². The minimum Gasteiger partial charge on any atom is -0.353 e. The third kappa shape index (κ3) is 5.62. The molecule has 0 radical (unpaired) electrons. The second kappa shape index (κ2) is 10.3. The number of amides is 1. The number of nitrogens with one attached hydrogen (secondary N) is 1. The van der Waals surface area contributed by atoms with Crippen LogP contribution in [0.2, 0.25) is 0 Å². The van der Waals surface area contributed by atoms with Crippen LogP contribution in [-0.4, -0.2) is 32.5 Å². The Morgan fingerprint density at radius 2 is 1.66 bits per heavy atom. The van der Waals surface area contributed by atoms with Gasteiger partial charge in [-0.25, -0.2) is 0 Å². The Balaban J connectivity index is 1.44. The number of carbonyl (C=O) groups is 1. The van der Waals surface area contributed by atoms with E-state index in [0.717, 1.165) is 30.2 Å². The summed E-state index contributed by atoms with van der Waals surface area (Å²) in [5, 5.41) is 13.2. The van der Waals surface area contributed by atoms with Crippen molar-refractivity contribution in [2.45, 2.75) is 87.9 Å². The van der Waals surface area contributed by atoms with E-state index in [9.17, 15) is 4.79 Å². The summed E-state index contributed by atoms with van der Waals surface area (Å²) in [6.07, 6.45) is 13.0. The molecule has 6 heteroatoms. The summed E-state index contributed by atoms with van der Waals surface area (Å²) in [6, 6.07) is 11.3. The Hall–Kier alpha value is -1.82. The average Bonchev–Trinajstić information content (AvgIpc) is 3.17. The zero-order valence-corrected chi connectivity index (χ0v) is 18.0. The van der Waals surface area contributed by atoms with Crippen molar-refractivity contribution in [3.05, 3.63) is 41.7 Å². The van der Waals surface area contributed by atoms with E-state index >= 15 is 0 Å². The third-order valence-corrected chi connectivity index (χ3v) is 7.13. The van der Waals surface area contributed by atoms with Gasteiger partial charge in [-0.1, -0.05) is 80.6 Å². The molecule has 1 heterocycles. The van der Waals surface area contributed by atoms with Crippen molar-refractivity contribution in [3.63, 3.8) is 0 Å². The van der Waals surface area contributed by atoms with Gasteiger partial charge in [0.1, 0.15) is 5.82 Å². The molecule has 0 aliphatic heterocycles. The zero-order valence-electron chi connectivity index (χ0n) is 17.2. The van der Waals surface area contributed by atoms with Gasteiger partial charge in [0.2, 0.25) is 5.91 Å². The van der Waals surface area contributed by atoms with E-state index in [-0.39, 0.29) is 5.91 Å². The molecule has 2 aromatic rings. The molecule has 0 unspecified atom stereocenters. The monoisotopic (exact) mass is 412 g/mol. The van der Waals surface area contributed by atoms with Crippen molar-refractivity contribution in [1.82, 2.24) is 20.1 Å². The number of hydrogen-bond donors (Lipinski definition) is 1. The highest BCUT2D eigenvalue weighted by atomic mass is 32.2. The predicted molar refractivity (Wildman–Crippen MR) is 117 cm³/mol. The van der Waals surface area contributed by atoms with Crippen molar-refractivity contribution >= 4 is 17.7 Å². The fourth-order valence-electron chi connectivity index (χ4n) is 4.66. The lowest BCUT2D eigenvalue weighted by atomic mass is 9.95. The first-order valence-corrected chi connectivity index (χ1v) is 12.2. The first-order valence-electron chi connectivity index (χ1n) is 11.2. The van der Waals surface area contributed by atoms with Crippen molar-refractivity contribution in [2.24, 2.45) is 0 Å². The second-order valence-electron chi connectivity index (χ2n) is 8.41. The van der Waals surface area contributed by atoms with Crippen LogP contribution in [0.15, 0.2) is 35.5 Å². The average molecular weight is 413 g/mol. The Morgan fingerprint density at radius 1 is 0.966 bits per heavy atom. The van der Waals surface area contributed by atoms with Gasteiger partial charge < -0.3 is 9.88 Å². The smallest absolute Gasteiger partial charge is 0.230 e. The summed E-state index contributed by atoms with van der Waals surface area (Å²) >= 11 is 1.55. The molecule has 1 amide bonds. The topological polar surface area (TPSA) is 59.8 Å². The number of rotatable bonds is 7. The van der Waals surface area contributed by atoms with E-state index in [1.807, 2.05) is 6.07 Å². The maximum Gasteiger partial charge on any atom is 0.230 e. The van der Waals surface area contributed by atoms with Gasteiger partial charge in [-0.2, -0.15) is 0 Å². The summed E-state index contributed by atoms with van der Waals surface area (Å²) in [4.78, 5) is 12.5. The lowest BCUT2D eigenvalue weighted by Crippen LogP contribution is -2.37. The van der Waals surface area contributed by atoms with E-state index in [2.05, 4.69) is 44.3 Å². The van der Waals surface area contributed by atoms with Gasteiger partial charge in [-0.15, -0.1) is 10.2 Å². The zero-order chi connectivity index (χ0) is 19.9. The van der Waals surface area contributed by atoms with E-state index in [1.54, 1.807) is 11.8 Å². The molecule has 0 saturated heterocycles. The number of hydrogen-bond acceptors (Lipinski definition) is 4.